The average molecular weight is 320 g/mol. The number of hydrogen-bond donors (Lipinski definition) is 1. The summed E-state index contributed by atoms with van der Waals surface area (Å²) >= 11 is 11.6. The van der Waals surface area contributed by atoms with E-state index in [1.165, 1.54) is 6.92 Å². The van der Waals surface area contributed by atoms with Gasteiger partial charge in [-0.25, -0.2) is 4.79 Å². The summed E-state index contributed by atoms with van der Waals surface area (Å²) in [6.45, 7) is 3.44. The van der Waals surface area contributed by atoms with E-state index in [1.54, 1.807) is 25.1 Å². The number of halogens is 2. The van der Waals surface area contributed by atoms with Gasteiger partial charge in [0.1, 0.15) is 6.61 Å². The molecule has 0 heterocycles. The van der Waals surface area contributed by atoms with E-state index in [1.807, 2.05) is 0 Å². The molecule has 1 atom stereocenters. The van der Waals surface area contributed by atoms with Crippen LogP contribution in [-0.2, 0) is 19.1 Å². The Morgan fingerprint density at radius 1 is 1.25 bits per heavy atom. The lowest BCUT2D eigenvalue weighted by atomic mass is 10.3. The van der Waals surface area contributed by atoms with Crippen molar-refractivity contribution in [2.24, 2.45) is 0 Å². The quantitative estimate of drug-likeness (QED) is 0.819. The summed E-state index contributed by atoms with van der Waals surface area (Å²) in [5, 5.41) is 3.35. The second-order valence-corrected chi connectivity index (χ2v) is 4.79. The van der Waals surface area contributed by atoms with E-state index in [4.69, 9.17) is 32.7 Å². The van der Waals surface area contributed by atoms with Crippen molar-refractivity contribution in [3.8, 4) is 0 Å². The highest BCUT2D eigenvalue weighted by atomic mass is 35.5. The molecule has 7 heteroatoms. The van der Waals surface area contributed by atoms with Gasteiger partial charge in [-0.1, -0.05) is 23.2 Å². The van der Waals surface area contributed by atoms with Gasteiger partial charge in [-0.05, 0) is 32.0 Å². The van der Waals surface area contributed by atoms with Gasteiger partial charge in [-0.3, -0.25) is 4.79 Å². The number of carbonyl (C=O) groups excluding carboxylic acids is 2. The van der Waals surface area contributed by atoms with Crippen LogP contribution >= 0.6 is 23.2 Å². The molecule has 0 spiro atoms. The fourth-order valence-corrected chi connectivity index (χ4v) is 1.87. The van der Waals surface area contributed by atoms with E-state index < -0.39 is 18.0 Å². The van der Waals surface area contributed by atoms with Gasteiger partial charge in [0.05, 0.1) is 0 Å². The highest BCUT2D eigenvalue weighted by Gasteiger charge is 2.18. The molecule has 0 radical (unpaired) electrons. The fourth-order valence-electron chi connectivity index (χ4n) is 1.34. The van der Waals surface area contributed by atoms with E-state index in [2.05, 4.69) is 5.32 Å². The van der Waals surface area contributed by atoms with Crippen LogP contribution in [0.25, 0.3) is 0 Å². The second-order valence-electron chi connectivity index (χ2n) is 3.92. The Labute approximate surface area is 127 Å². The van der Waals surface area contributed by atoms with Crippen LogP contribution in [0, 0.1) is 0 Å². The van der Waals surface area contributed by atoms with Crippen LogP contribution in [0.3, 0.4) is 0 Å². The molecule has 0 aromatic heterocycles. The zero-order valence-electron chi connectivity index (χ0n) is 11.1. The topological polar surface area (TPSA) is 64.6 Å². The monoisotopic (exact) mass is 319 g/mol. The Morgan fingerprint density at radius 2 is 1.85 bits per heavy atom. The molecule has 20 heavy (non-hydrogen) atoms. The minimum atomic E-state index is -0.944. The van der Waals surface area contributed by atoms with Gasteiger partial charge in [0.2, 0.25) is 0 Å². The van der Waals surface area contributed by atoms with Gasteiger partial charge in [0.25, 0.3) is 5.91 Å². The van der Waals surface area contributed by atoms with Crippen LogP contribution in [0.2, 0.25) is 10.0 Å². The maximum Gasteiger partial charge on any atom is 0.332 e. The van der Waals surface area contributed by atoms with E-state index in [0.29, 0.717) is 22.3 Å². The minimum Gasteiger partial charge on any atom is -0.451 e. The van der Waals surface area contributed by atoms with Gasteiger partial charge in [0, 0.05) is 22.3 Å². The first kappa shape index (κ1) is 16.8. The van der Waals surface area contributed by atoms with Crippen LogP contribution in [0.1, 0.15) is 13.8 Å². The van der Waals surface area contributed by atoms with Gasteiger partial charge >= 0.3 is 5.97 Å². The van der Waals surface area contributed by atoms with Crippen LogP contribution in [-0.4, -0.2) is 31.2 Å². The number of ether oxygens (including phenoxy) is 2. The third kappa shape index (κ3) is 5.77. The van der Waals surface area contributed by atoms with E-state index in [9.17, 15) is 9.59 Å². The molecule has 110 valence electrons. The highest BCUT2D eigenvalue weighted by Crippen LogP contribution is 2.22. The summed E-state index contributed by atoms with van der Waals surface area (Å²) in [6.07, 6.45) is -0.944. The highest BCUT2D eigenvalue weighted by molar-refractivity contribution is 6.35. The van der Waals surface area contributed by atoms with Crippen molar-refractivity contribution in [3.05, 3.63) is 28.2 Å². The molecule has 0 saturated carbocycles. The molecule has 1 aromatic carbocycles. The first-order valence-electron chi connectivity index (χ1n) is 5.96. The maximum atomic E-state index is 11.8. The van der Waals surface area contributed by atoms with Crippen molar-refractivity contribution in [1.29, 1.82) is 0 Å². The van der Waals surface area contributed by atoms with Crippen molar-refractivity contribution >= 4 is 40.8 Å². The lowest BCUT2D eigenvalue weighted by Crippen LogP contribution is -2.31. The lowest BCUT2D eigenvalue weighted by molar-refractivity contribution is -0.157. The van der Waals surface area contributed by atoms with Crippen LogP contribution in [0.4, 0.5) is 5.69 Å². The molecule has 0 saturated heterocycles. The molecule has 1 aromatic rings. The normalized spacial score (nSPS) is 11.8. The zero-order chi connectivity index (χ0) is 15.1. The van der Waals surface area contributed by atoms with Gasteiger partial charge < -0.3 is 14.8 Å². The molecule has 0 aliphatic rings. The summed E-state index contributed by atoms with van der Waals surface area (Å²) in [6, 6.07) is 4.63. The number of amides is 1. The standard InChI is InChI=1S/C13H15Cl2NO4/c1-3-19-7-12(17)20-8(2)13(18)16-11-5-9(14)4-10(15)6-11/h4-6,8H,3,7H2,1-2H3,(H,16,18)/t8-/m0/s1. The smallest absolute Gasteiger partial charge is 0.332 e. The second kappa shape index (κ2) is 8.09. The zero-order valence-corrected chi connectivity index (χ0v) is 12.6. The van der Waals surface area contributed by atoms with E-state index in [-0.39, 0.29) is 6.61 Å². The van der Waals surface area contributed by atoms with Crippen LogP contribution in [0.5, 0.6) is 0 Å². The maximum absolute atomic E-state index is 11.8. The van der Waals surface area contributed by atoms with Crippen molar-refractivity contribution in [2.75, 3.05) is 18.5 Å². The van der Waals surface area contributed by atoms with Gasteiger partial charge in [-0.15, -0.1) is 0 Å². The Balaban J connectivity index is 2.55. The third-order valence-electron chi connectivity index (χ3n) is 2.23. The number of benzene rings is 1. The first-order valence-corrected chi connectivity index (χ1v) is 6.72. The van der Waals surface area contributed by atoms with Crippen molar-refractivity contribution < 1.29 is 19.1 Å². The van der Waals surface area contributed by atoms with Crippen LogP contribution in [0.15, 0.2) is 18.2 Å². The largest absolute Gasteiger partial charge is 0.451 e. The number of anilines is 1. The van der Waals surface area contributed by atoms with Crippen molar-refractivity contribution in [2.45, 2.75) is 20.0 Å². The summed E-state index contributed by atoms with van der Waals surface area (Å²) in [5.74, 6) is -1.08. The number of esters is 1. The predicted octanol–water partition coefficient (Wildman–Crippen LogP) is 2.90. The Bertz CT molecular complexity index is 473. The molecule has 0 unspecified atom stereocenters. The molecule has 1 amide bonds. The molecule has 0 fully saturated rings. The predicted molar refractivity (Wildman–Crippen MR) is 77.1 cm³/mol. The summed E-state index contributed by atoms with van der Waals surface area (Å²) < 4.78 is 9.79. The molecule has 0 bridgehead atoms. The van der Waals surface area contributed by atoms with Crippen molar-refractivity contribution in [3.63, 3.8) is 0 Å². The summed E-state index contributed by atoms with van der Waals surface area (Å²) in [5.41, 5.74) is 0.431. The average Bonchev–Trinajstić information content (AvgIpc) is 2.34. The molecular weight excluding hydrogens is 305 g/mol. The molecule has 1 N–H and O–H groups in total. The fraction of sp³-hybridized carbons (Fsp3) is 0.385. The van der Waals surface area contributed by atoms with Gasteiger partial charge in [-0.2, -0.15) is 0 Å². The summed E-state index contributed by atoms with van der Waals surface area (Å²) in [7, 11) is 0. The number of hydrogen-bond acceptors (Lipinski definition) is 4. The summed E-state index contributed by atoms with van der Waals surface area (Å²) in [4.78, 5) is 23.1. The molecule has 5 nitrogen and oxygen atoms in total. The Hall–Kier alpha value is -1.30. The third-order valence-corrected chi connectivity index (χ3v) is 2.67. The van der Waals surface area contributed by atoms with Crippen molar-refractivity contribution in [1.82, 2.24) is 0 Å². The minimum absolute atomic E-state index is 0.183. The number of carbonyl (C=O) groups is 2. The number of rotatable bonds is 6. The molecule has 1 rings (SSSR count). The lowest BCUT2D eigenvalue weighted by Gasteiger charge is -2.13. The van der Waals surface area contributed by atoms with E-state index in [0.717, 1.165) is 0 Å². The van der Waals surface area contributed by atoms with Crippen LogP contribution < -0.4 is 5.32 Å². The molecule has 0 aliphatic carbocycles. The molecular formula is C13H15Cl2NO4. The Morgan fingerprint density at radius 3 is 2.40 bits per heavy atom. The SMILES string of the molecule is CCOCC(=O)O[C@@H](C)C(=O)Nc1cc(Cl)cc(Cl)c1. The number of nitrogens with one attached hydrogen (secondary N) is 1. The Kier molecular flexibility index (Phi) is 6.78. The molecule has 0 aliphatic heterocycles. The van der Waals surface area contributed by atoms with E-state index >= 15 is 0 Å². The first-order chi connectivity index (χ1) is 9.42. The van der Waals surface area contributed by atoms with Gasteiger partial charge in [0.15, 0.2) is 6.10 Å².